The van der Waals surface area contributed by atoms with Gasteiger partial charge in [0.15, 0.2) is 0 Å². The maximum atomic E-state index is 12.6. The molecule has 5 nitrogen and oxygen atoms in total. The third-order valence-electron chi connectivity index (χ3n) is 6.39. The number of sulfonamides is 1. The lowest BCUT2D eigenvalue weighted by Gasteiger charge is -2.32. The minimum atomic E-state index is -3.19. The van der Waals surface area contributed by atoms with Gasteiger partial charge in [-0.05, 0) is 48.1 Å². The van der Waals surface area contributed by atoms with Crippen LogP contribution in [0.3, 0.4) is 0 Å². The van der Waals surface area contributed by atoms with Crippen LogP contribution in [0.5, 0.6) is 5.75 Å². The van der Waals surface area contributed by atoms with Gasteiger partial charge < -0.3 is 4.74 Å². The largest absolute Gasteiger partial charge is 0.497 e. The molecule has 1 saturated heterocycles. The predicted octanol–water partition coefficient (Wildman–Crippen LogP) is 3.12. The molecule has 2 atom stereocenters. The van der Waals surface area contributed by atoms with Gasteiger partial charge in [0.1, 0.15) is 5.75 Å². The van der Waals surface area contributed by atoms with Gasteiger partial charge in [-0.25, -0.2) is 12.7 Å². The van der Waals surface area contributed by atoms with E-state index in [0.717, 1.165) is 31.8 Å². The van der Waals surface area contributed by atoms with Crippen LogP contribution in [0.15, 0.2) is 48.5 Å². The first-order chi connectivity index (χ1) is 14.0. The molecule has 2 aliphatic heterocycles. The van der Waals surface area contributed by atoms with Crippen LogP contribution in [0.1, 0.15) is 29.5 Å². The molecule has 156 valence electrons. The highest BCUT2D eigenvalue weighted by molar-refractivity contribution is 7.89. The second-order valence-electron chi connectivity index (χ2n) is 8.11. The Morgan fingerprint density at radius 3 is 2.62 bits per heavy atom. The summed E-state index contributed by atoms with van der Waals surface area (Å²) in [5, 5.41) is 0. The normalized spacial score (nSPS) is 23.1. The zero-order valence-electron chi connectivity index (χ0n) is 17.3. The van der Waals surface area contributed by atoms with E-state index in [0.29, 0.717) is 13.1 Å². The van der Waals surface area contributed by atoms with Crippen molar-refractivity contribution < 1.29 is 13.2 Å². The average Bonchev–Trinajstić information content (AvgIpc) is 3.18. The van der Waals surface area contributed by atoms with Crippen molar-refractivity contribution in [2.24, 2.45) is 5.92 Å². The first kappa shape index (κ1) is 20.4. The molecular weight excluding hydrogens is 384 g/mol. The Kier molecular flexibility index (Phi) is 5.95. The van der Waals surface area contributed by atoms with E-state index in [1.54, 1.807) is 18.3 Å². The molecule has 2 aromatic rings. The molecular formula is C23H30N2O3S. The standard InChI is InChI=1S/C23H30N2O3S/c1-3-29(26,27)25-16-21(23(17-25)19-9-6-10-22(13-19)28-2)15-24-12-11-18-7-4-5-8-20(18)14-24/h4-10,13,21,23H,3,11-12,14-17H2,1-2H3. The van der Waals surface area contributed by atoms with Gasteiger partial charge in [0.05, 0.1) is 12.9 Å². The molecule has 0 spiro atoms. The molecule has 0 saturated carbocycles. The van der Waals surface area contributed by atoms with Crippen molar-refractivity contribution in [2.75, 3.05) is 39.0 Å². The molecule has 0 amide bonds. The summed E-state index contributed by atoms with van der Waals surface area (Å²) in [7, 11) is -1.52. The lowest BCUT2D eigenvalue weighted by Crippen LogP contribution is -2.37. The third-order valence-corrected chi connectivity index (χ3v) is 8.20. The van der Waals surface area contributed by atoms with Crippen molar-refractivity contribution in [1.82, 2.24) is 9.21 Å². The van der Waals surface area contributed by atoms with E-state index in [2.05, 4.69) is 41.3 Å². The quantitative estimate of drug-likeness (QED) is 0.729. The summed E-state index contributed by atoms with van der Waals surface area (Å²) in [5.74, 6) is 1.43. The number of ether oxygens (including phenoxy) is 1. The molecule has 29 heavy (non-hydrogen) atoms. The zero-order chi connectivity index (χ0) is 20.4. The second kappa shape index (κ2) is 8.46. The second-order valence-corrected chi connectivity index (χ2v) is 10.4. The molecule has 0 N–H and O–H groups in total. The Bertz CT molecular complexity index is 960. The smallest absolute Gasteiger partial charge is 0.213 e. The molecule has 2 heterocycles. The Hall–Kier alpha value is -1.89. The minimum Gasteiger partial charge on any atom is -0.497 e. The monoisotopic (exact) mass is 414 g/mol. The van der Waals surface area contributed by atoms with Crippen molar-refractivity contribution >= 4 is 10.0 Å². The number of nitrogens with zero attached hydrogens (tertiary/aromatic N) is 2. The predicted molar refractivity (Wildman–Crippen MR) is 116 cm³/mol. The van der Waals surface area contributed by atoms with Gasteiger partial charge >= 0.3 is 0 Å². The van der Waals surface area contributed by atoms with Gasteiger partial charge in [0.25, 0.3) is 0 Å². The van der Waals surface area contributed by atoms with Gasteiger partial charge in [-0.1, -0.05) is 36.4 Å². The van der Waals surface area contributed by atoms with E-state index >= 15 is 0 Å². The summed E-state index contributed by atoms with van der Waals surface area (Å²) < 4.78 is 32.3. The van der Waals surface area contributed by atoms with Gasteiger partial charge in [0, 0.05) is 38.6 Å². The average molecular weight is 415 g/mol. The fraction of sp³-hybridized carbons (Fsp3) is 0.478. The Balaban J connectivity index is 1.56. The number of hydrogen-bond donors (Lipinski definition) is 0. The summed E-state index contributed by atoms with van der Waals surface area (Å²) in [5.41, 5.74) is 4.00. The molecule has 6 heteroatoms. The summed E-state index contributed by atoms with van der Waals surface area (Å²) in [6, 6.07) is 16.7. The van der Waals surface area contributed by atoms with Crippen molar-refractivity contribution in [3.8, 4) is 5.75 Å². The molecule has 2 unspecified atom stereocenters. The summed E-state index contributed by atoms with van der Waals surface area (Å²) in [6.07, 6.45) is 1.06. The van der Waals surface area contributed by atoms with Crippen LogP contribution in [0.25, 0.3) is 0 Å². The highest BCUT2D eigenvalue weighted by atomic mass is 32.2. The molecule has 2 aliphatic rings. The van der Waals surface area contributed by atoms with E-state index in [1.165, 1.54) is 16.7 Å². The molecule has 0 aromatic heterocycles. The van der Waals surface area contributed by atoms with Crippen LogP contribution in [-0.4, -0.2) is 56.7 Å². The first-order valence-electron chi connectivity index (χ1n) is 10.4. The Labute approximate surface area is 174 Å². The SMILES string of the molecule is CCS(=O)(=O)N1CC(CN2CCc3ccccc3C2)C(c2cccc(OC)c2)C1. The van der Waals surface area contributed by atoms with Gasteiger partial charge in [-0.3, -0.25) is 4.90 Å². The van der Waals surface area contributed by atoms with Crippen molar-refractivity contribution in [3.05, 3.63) is 65.2 Å². The van der Waals surface area contributed by atoms with E-state index in [-0.39, 0.29) is 17.6 Å². The van der Waals surface area contributed by atoms with Crippen LogP contribution in [0, 0.1) is 5.92 Å². The number of methoxy groups -OCH3 is 1. The molecule has 0 aliphatic carbocycles. The molecule has 1 fully saturated rings. The van der Waals surface area contributed by atoms with Crippen molar-refractivity contribution in [3.63, 3.8) is 0 Å². The van der Waals surface area contributed by atoms with Crippen LogP contribution < -0.4 is 4.74 Å². The van der Waals surface area contributed by atoms with Crippen LogP contribution in [0.2, 0.25) is 0 Å². The minimum absolute atomic E-state index is 0.154. The molecule has 4 rings (SSSR count). The molecule has 0 radical (unpaired) electrons. The highest BCUT2D eigenvalue weighted by Crippen LogP contribution is 2.36. The molecule has 0 bridgehead atoms. The Morgan fingerprint density at radius 2 is 1.86 bits per heavy atom. The van der Waals surface area contributed by atoms with Crippen molar-refractivity contribution in [1.29, 1.82) is 0 Å². The van der Waals surface area contributed by atoms with Crippen LogP contribution >= 0.6 is 0 Å². The third kappa shape index (κ3) is 4.34. The summed E-state index contributed by atoms with van der Waals surface area (Å²) >= 11 is 0. The fourth-order valence-corrected chi connectivity index (χ4v) is 5.89. The van der Waals surface area contributed by atoms with Crippen LogP contribution in [-0.2, 0) is 23.0 Å². The van der Waals surface area contributed by atoms with Gasteiger partial charge in [-0.15, -0.1) is 0 Å². The summed E-state index contributed by atoms with van der Waals surface area (Å²) in [4.78, 5) is 2.49. The number of rotatable bonds is 6. The Morgan fingerprint density at radius 1 is 1.07 bits per heavy atom. The van der Waals surface area contributed by atoms with Gasteiger partial charge in [0.2, 0.25) is 10.0 Å². The maximum Gasteiger partial charge on any atom is 0.213 e. The highest BCUT2D eigenvalue weighted by Gasteiger charge is 2.39. The number of hydrogen-bond acceptors (Lipinski definition) is 4. The van der Waals surface area contributed by atoms with Crippen LogP contribution in [0.4, 0.5) is 0 Å². The van der Waals surface area contributed by atoms with E-state index in [9.17, 15) is 8.42 Å². The molecule has 2 aromatic carbocycles. The zero-order valence-corrected chi connectivity index (χ0v) is 18.1. The number of fused-ring (bicyclic) bond motifs is 1. The van der Waals surface area contributed by atoms with Crippen molar-refractivity contribution in [2.45, 2.75) is 25.8 Å². The lowest BCUT2D eigenvalue weighted by atomic mass is 9.87. The maximum absolute atomic E-state index is 12.6. The van der Waals surface area contributed by atoms with E-state index in [1.807, 2.05) is 12.1 Å². The van der Waals surface area contributed by atoms with E-state index < -0.39 is 10.0 Å². The van der Waals surface area contributed by atoms with E-state index in [4.69, 9.17) is 4.74 Å². The number of benzene rings is 2. The summed E-state index contributed by atoms with van der Waals surface area (Å²) in [6.45, 7) is 5.75. The lowest BCUT2D eigenvalue weighted by molar-refractivity contribution is 0.210. The fourth-order valence-electron chi connectivity index (χ4n) is 4.72. The topological polar surface area (TPSA) is 49.9 Å². The van der Waals surface area contributed by atoms with Gasteiger partial charge in [-0.2, -0.15) is 0 Å². The first-order valence-corrected chi connectivity index (χ1v) is 12.0.